The van der Waals surface area contributed by atoms with Gasteiger partial charge in [0.25, 0.3) is 5.91 Å². The summed E-state index contributed by atoms with van der Waals surface area (Å²) in [7, 11) is 0. The molecule has 5 aliphatic rings. The third kappa shape index (κ3) is 4.02. The van der Waals surface area contributed by atoms with Crippen LogP contribution in [0.3, 0.4) is 0 Å². The molecule has 0 aliphatic heterocycles. The Labute approximate surface area is 171 Å². The lowest BCUT2D eigenvalue weighted by atomic mass is 9.49. The zero-order valence-corrected chi connectivity index (χ0v) is 16.7. The first-order chi connectivity index (χ1) is 14.0. The molecule has 5 fully saturated rings. The molecule has 6 nitrogen and oxygen atoms in total. The smallest absolute Gasteiger partial charge is 0.269 e. The number of carbonyl (C=O) groups excluding carboxylic acids is 3. The summed E-state index contributed by atoms with van der Waals surface area (Å²) < 4.78 is 0. The van der Waals surface area contributed by atoms with Crippen LogP contribution in [0.4, 0.5) is 5.69 Å². The molecule has 0 radical (unpaired) electrons. The molecule has 0 heterocycles. The average molecular weight is 396 g/mol. The van der Waals surface area contributed by atoms with E-state index in [2.05, 4.69) is 16.2 Å². The van der Waals surface area contributed by atoms with Crippen molar-refractivity contribution in [2.24, 2.45) is 29.1 Å². The lowest BCUT2D eigenvalue weighted by Gasteiger charge is -2.56. The molecular weight excluding hydrogens is 366 g/mol. The number of rotatable bonds is 5. The fraction of sp³-hybridized carbons (Fsp3) is 0.609. The van der Waals surface area contributed by atoms with Crippen molar-refractivity contribution in [3.8, 4) is 0 Å². The van der Waals surface area contributed by atoms with Gasteiger partial charge in [0.15, 0.2) is 0 Å². The number of hydrogen-bond acceptors (Lipinski definition) is 3. The van der Waals surface area contributed by atoms with E-state index in [1.54, 1.807) is 24.3 Å². The van der Waals surface area contributed by atoms with Crippen LogP contribution in [-0.2, 0) is 9.59 Å². The second kappa shape index (κ2) is 7.15. The predicted molar refractivity (Wildman–Crippen MR) is 109 cm³/mol. The van der Waals surface area contributed by atoms with E-state index in [0.29, 0.717) is 17.7 Å². The minimum Gasteiger partial charge on any atom is -0.326 e. The molecule has 1 aromatic rings. The highest BCUT2D eigenvalue weighted by Gasteiger charge is 2.51. The number of hydrazine groups is 1. The van der Waals surface area contributed by atoms with Crippen LogP contribution in [0, 0.1) is 29.1 Å². The molecule has 5 aliphatic carbocycles. The van der Waals surface area contributed by atoms with Gasteiger partial charge in [0.2, 0.25) is 11.8 Å². The highest BCUT2D eigenvalue weighted by Crippen LogP contribution is 2.61. The molecule has 154 valence electrons. The molecule has 0 aromatic heterocycles. The van der Waals surface area contributed by atoms with Crippen LogP contribution < -0.4 is 16.2 Å². The van der Waals surface area contributed by atoms with Crippen LogP contribution in [0.1, 0.15) is 68.1 Å². The Kier molecular flexibility index (Phi) is 4.60. The summed E-state index contributed by atoms with van der Waals surface area (Å²) >= 11 is 0. The number of amides is 3. The van der Waals surface area contributed by atoms with E-state index in [1.165, 1.54) is 38.5 Å². The molecule has 6 rings (SSSR count). The van der Waals surface area contributed by atoms with E-state index >= 15 is 0 Å². The van der Waals surface area contributed by atoms with Gasteiger partial charge >= 0.3 is 0 Å². The van der Waals surface area contributed by atoms with Gasteiger partial charge < -0.3 is 5.32 Å². The quantitative estimate of drug-likeness (QED) is 0.668. The maximum absolute atomic E-state index is 12.6. The molecule has 0 saturated heterocycles. The third-order valence-corrected chi connectivity index (χ3v) is 7.36. The van der Waals surface area contributed by atoms with Crippen molar-refractivity contribution in [3.05, 3.63) is 29.8 Å². The van der Waals surface area contributed by atoms with Crippen LogP contribution in [0.2, 0.25) is 0 Å². The van der Waals surface area contributed by atoms with E-state index in [4.69, 9.17) is 0 Å². The maximum Gasteiger partial charge on any atom is 0.269 e. The van der Waals surface area contributed by atoms with Crippen LogP contribution in [0.15, 0.2) is 24.3 Å². The summed E-state index contributed by atoms with van der Waals surface area (Å²) in [5.74, 6) is 2.05. The fourth-order valence-electron chi connectivity index (χ4n) is 6.42. The molecule has 1 aromatic carbocycles. The highest BCUT2D eigenvalue weighted by atomic mass is 16.2. The highest BCUT2D eigenvalue weighted by molar-refractivity contribution is 5.98. The first-order valence-corrected chi connectivity index (χ1v) is 11.0. The van der Waals surface area contributed by atoms with Crippen molar-refractivity contribution < 1.29 is 14.4 Å². The lowest BCUT2D eigenvalue weighted by molar-refractivity contribution is -0.130. The first kappa shape index (κ1) is 18.6. The molecule has 29 heavy (non-hydrogen) atoms. The zero-order valence-electron chi connectivity index (χ0n) is 16.7. The van der Waals surface area contributed by atoms with E-state index in [1.807, 2.05) is 0 Å². The molecule has 0 unspecified atom stereocenters. The predicted octanol–water partition coefficient (Wildman–Crippen LogP) is 3.40. The van der Waals surface area contributed by atoms with Crippen LogP contribution in [0.25, 0.3) is 0 Å². The Balaban J connectivity index is 1.15. The largest absolute Gasteiger partial charge is 0.326 e. The molecule has 3 amide bonds. The van der Waals surface area contributed by atoms with Crippen molar-refractivity contribution in [1.82, 2.24) is 10.9 Å². The Morgan fingerprint density at radius 2 is 1.59 bits per heavy atom. The van der Waals surface area contributed by atoms with E-state index < -0.39 is 0 Å². The number of benzene rings is 1. The lowest BCUT2D eigenvalue weighted by Crippen LogP contribution is -2.50. The topological polar surface area (TPSA) is 87.3 Å². The summed E-state index contributed by atoms with van der Waals surface area (Å²) in [4.78, 5) is 36.9. The number of hydrogen-bond donors (Lipinski definition) is 3. The SMILES string of the molecule is O=C(CC12CC3CC(CC(C3)C1)C2)NNC(=O)c1cccc(NC(=O)C2CC2)c1. The van der Waals surface area contributed by atoms with Gasteiger partial charge in [-0.05, 0) is 92.7 Å². The van der Waals surface area contributed by atoms with Gasteiger partial charge in [0, 0.05) is 23.6 Å². The molecule has 0 atom stereocenters. The molecule has 6 heteroatoms. The average Bonchev–Trinajstić information content (AvgIpc) is 3.50. The Morgan fingerprint density at radius 3 is 2.21 bits per heavy atom. The molecule has 3 N–H and O–H groups in total. The summed E-state index contributed by atoms with van der Waals surface area (Å²) in [6, 6.07) is 6.81. The van der Waals surface area contributed by atoms with Crippen molar-refractivity contribution in [2.45, 2.75) is 57.8 Å². The zero-order chi connectivity index (χ0) is 20.0. The third-order valence-electron chi connectivity index (χ3n) is 7.36. The monoisotopic (exact) mass is 395 g/mol. The van der Waals surface area contributed by atoms with Crippen molar-refractivity contribution in [1.29, 1.82) is 0 Å². The van der Waals surface area contributed by atoms with Gasteiger partial charge in [-0.25, -0.2) is 0 Å². The molecule has 4 bridgehead atoms. The second-order valence-electron chi connectivity index (χ2n) is 9.94. The van der Waals surface area contributed by atoms with Crippen molar-refractivity contribution in [2.75, 3.05) is 5.32 Å². The van der Waals surface area contributed by atoms with E-state index in [0.717, 1.165) is 30.6 Å². The minimum absolute atomic E-state index is 0.00596. The fourth-order valence-corrected chi connectivity index (χ4v) is 6.42. The Morgan fingerprint density at radius 1 is 0.931 bits per heavy atom. The number of anilines is 1. The minimum atomic E-state index is -0.369. The van der Waals surface area contributed by atoms with Crippen molar-refractivity contribution in [3.63, 3.8) is 0 Å². The van der Waals surface area contributed by atoms with Crippen LogP contribution in [0.5, 0.6) is 0 Å². The van der Waals surface area contributed by atoms with Gasteiger partial charge in [-0.2, -0.15) is 0 Å². The summed E-state index contributed by atoms with van der Waals surface area (Å²) in [5.41, 5.74) is 6.33. The van der Waals surface area contributed by atoms with Gasteiger partial charge in [0.1, 0.15) is 0 Å². The van der Waals surface area contributed by atoms with Gasteiger partial charge in [-0.15, -0.1) is 0 Å². The van der Waals surface area contributed by atoms with Crippen LogP contribution in [-0.4, -0.2) is 17.7 Å². The second-order valence-corrected chi connectivity index (χ2v) is 9.94. The standard InChI is InChI=1S/C23H29N3O3/c27-20(13-23-10-14-6-15(11-23)8-16(7-14)12-23)25-26-22(29)18-2-1-3-19(9-18)24-21(28)17-4-5-17/h1-3,9,14-17H,4-8,10-13H2,(H,24,28)(H,25,27)(H,26,29). The van der Waals surface area contributed by atoms with Gasteiger partial charge in [-0.1, -0.05) is 6.07 Å². The number of nitrogens with one attached hydrogen (secondary N) is 3. The summed E-state index contributed by atoms with van der Waals surface area (Å²) in [6.45, 7) is 0. The van der Waals surface area contributed by atoms with Crippen molar-refractivity contribution >= 4 is 23.4 Å². The van der Waals surface area contributed by atoms with E-state index in [9.17, 15) is 14.4 Å². The first-order valence-electron chi connectivity index (χ1n) is 11.0. The van der Waals surface area contributed by atoms with Crippen LogP contribution >= 0.6 is 0 Å². The molecule has 0 spiro atoms. The maximum atomic E-state index is 12.6. The Hall–Kier alpha value is -2.37. The number of carbonyl (C=O) groups is 3. The van der Waals surface area contributed by atoms with Gasteiger partial charge in [-0.3, -0.25) is 25.2 Å². The summed E-state index contributed by atoms with van der Waals surface area (Å²) in [5, 5.41) is 2.84. The molecule has 5 saturated carbocycles. The van der Waals surface area contributed by atoms with Gasteiger partial charge in [0.05, 0.1) is 0 Å². The summed E-state index contributed by atoms with van der Waals surface area (Å²) in [6.07, 6.45) is 9.94. The normalized spacial score (nSPS) is 31.9. The molecular formula is C23H29N3O3. The van der Waals surface area contributed by atoms with E-state index in [-0.39, 0.29) is 29.1 Å². The Bertz CT molecular complexity index is 810.